The normalized spacial score (nSPS) is 16.5. The van der Waals surface area contributed by atoms with Gasteiger partial charge in [-0.25, -0.2) is 4.79 Å². The first-order chi connectivity index (χ1) is 36.2. The van der Waals surface area contributed by atoms with Gasteiger partial charge in [-0.3, -0.25) is 52.7 Å². The molecule has 10 atom stereocenters. The highest BCUT2D eigenvalue weighted by atomic mass is 16.4. The lowest BCUT2D eigenvalue weighted by atomic mass is 9.99. The summed E-state index contributed by atoms with van der Waals surface area (Å²) in [7, 11) is 0. The van der Waals surface area contributed by atoms with Crippen molar-refractivity contribution in [1.29, 1.82) is 0 Å². The molecule has 0 radical (unpaired) electrons. The number of aromatic hydroxyl groups is 1. The van der Waals surface area contributed by atoms with E-state index >= 15 is 0 Å². The molecule has 2 aromatic rings. The van der Waals surface area contributed by atoms with Gasteiger partial charge in [-0.1, -0.05) is 76.6 Å². The fraction of sp³-hybridized carbons (Fsp3) is 0.529. The number of nitrogens with one attached hydrogen (secondary N) is 8. The minimum absolute atomic E-state index is 0.0372. The van der Waals surface area contributed by atoms with Gasteiger partial charge in [0.05, 0.1) is 25.4 Å². The molecule has 0 bridgehead atoms. The molecule has 0 aromatic heterocycles. The Morgan fingerprint density at radius 1 is 0.597 bits per heavy atom. The lowest BCUT2D eigenvalue weighted by molar-refractivity contribution is -0.144. The van der Waals surface area contributed by atoms with Crippen LogP contribution in [-0.2, 0) is 70.4 Å². The van der Waals surface area contributed by atoms with Crippen molar-refractivity contribution in [3.05, 3.63) is 65.7 Å². The Bertz CT molecular complexity index is 2440. The Morgan fingerprint density at radius 2 is 1.09 bits per heavy atom. The molecule has 26 nitrogen and oxygen atoms in total. The van der Waals surface area contributed by atoms with Crippen LogP contribution in [0.5, 0.6) is 5.75 Å². The van der Waals surface area contributed by atoms with Crippen molar-refractivity contribution < 1.29 is 78.0 Å². The number of benzene rings is 2. The van der Waals surface area contributed by atoms with E-state index in [1.165, 1.54) is 43.0 Å². The zero-order valence-corrected chi connectivity index (χ0v) is 43.8. The van der Waals surface area contributed by atoms with Gasteiger partial charge in [0.15, 0.2) is 0 Å². The smallest absolute Gasteiger partial charge is 0.326 e. The van der Waals surface area contributed by atoms with Gasteiger partial charge in [-0.05, 0) is 68.2 Å². The predicted molar refractivity (Wildman–Crippen MR) is 274 cm³/mol. The van der Waals surface area contributed by atoms with Crippen molar-refractivity contribution in [1.82, 2.24) is 47.4 Å². The fourth-order valence-corrected chi connectivity index (χ4v) is 8.03. The highest BCUT2D eigenvalue weighted by Crippen LogP contribution is 2.22. The number of phenols is 1. The number of likely N-dealkylation sites (tertiary alicyclic amines) is 1. The third-order valence-corrected chi connectivity index (χ3v) is 12.6. The Hall–Kier alpha value is -8.16. The summed E-state index contributed by atoms with van der Waals surface area (Å²) < 4.78 is 0. The molecule has 77 heavy (non-hydrogen) atoms. The average molecular weight is 1080 g/mol. The number of aliphatic carboxylic acids is 3. The number of nitrogens with zero attached hydrogens (tertiary/aromatic N) is 1. The third-order valence-electron chi connectivity index (χ3n) is 12.6. The largest absolute Gasteiger partial charge is 0.508 e. The summed E-state index contributed by atoms with van der Waals surface area (Å²) in [5.74, 6) is -13.0. The SMILES string of the molecule is CC[C@H](C)[C@H](N)C(=O)NCC(=O)N[C@@H](C)C(=O)N[C@@H](CC(=O)O)C(=O)N[C@@H](C)C(=O)N[C@@H](CC(C)C)C(=O)N1CCC[C@H]1C(=O)N[C@@H](Cc1ccccc1)C(=O)N[C@@H](CC(=O)O)C(=O)N[C@@H](Cc1ccc(O)cc1)C(=O)O. The second-order valence-electron chi connectivity index (χ2n) is 19.4. The molecule has 0 unspecified atom stereocenters. The van der Waals surface area contributed by atoms with Crippen molar-refractivity contribution in [3.63, 3.8) is 0 Å². The number of carboxylic acids is 3. The van der Waals surface area contributed by atoms with Crippen LogP contribution < -0.4 is 48.3 Å². The summed E-state index contributed by atoms with van der Waals surface area (Å²) in [5.41, 5.74) is 6.82. The number of carboxylic acid groups (broad SMARTS) is 3. The molecule has 3 rings (SSSR count). The van der Waals surface area contributed by atoms with E-state index in [-0.39, 0.29) is 49.8 Å². The Balaban J connectivity index is 1.75. The molecule has 9 amide bonds. The molecule has 0 spiro atoms. The molecule has 1 aliphatic rings. The molecular formula is C51H72N10O16. The topological polar surface area (TPSA) is 411 Å². The van der Waals surface area contributed by atoms with Gasteiger partial charge in [0, 0.05) is 19.4 Å². The maximum Gasteiger partial charge on any atom is 0.326 e. The van der Waals surface area contributed by atoms with Crippen LogP contribution in [0.15, 0.2) is 54.6 Å². The van der Waals surface area contributed by atoms with Crippen LogP contribution in [0.3, 0.4) is 0 Å². The summed E-state index contributed by atoms with van der Waals surface area (Å²) in [6, 6.07) is 1.02. The van der Waals surface area contributed by atoms with Crippen LogP contribution in [0.4, 0.5) is 0 Å². The quantitative estimate of drug-likeness (QED) is 0.0409. The minimum atomic E-state index is -1.83. The van der Waals surface area contributed by atoms with Gasteiger partial charge in [0.1, 0.15) is 54.1 Å². The molecule has 1 fully saturated rings. The summed E-state index contributed by atoms with van der Waals surface area (Å²) in [5, 5.41) is 57.9. The summed E-state index contributed by atoms with van der Waals surface area (Å²) in [6.45, 7) is 9.12. The number of nitrogens with two attached hydrogens (primary N) is 1. The second-order valence-corrected chi connectivity index (χ2v) is 19.4. The standard InChI is InChI=1S/C51H72N10O16/c1-7-27(4)42(52)49(74)53-25-39(63)54-28(5)43(68)56-34(23-40(64)65)45(70)55-29(6)44(69)59-36(20-26(2)3)50(75)61-19-11-14-38(61)48(73)58-33(21-30-12-9-8-10-13-30)46(71)57-35(24-41(66)67)47(72)60-37(51(76)77)22-31-15-17-32(62)18-16-31/h8-10,12-13,15-18,26-29,33-38,42,62H,7,11,14,19-25,52H2,1-6H3,(H,53,74)(H,54,63)(H,55,70)(H,56,68)(H,57,71)(H,58,73)(H,59,69)(H,60,72)(H,64,65)(H,66,67)(H,76,77)/t27-,28-,29-,33-,34-,35-,36-,37-,38-,42-/m0/s1. The molecule has 14 N–H and O–H groups in total. The van der Waals surface area contributed by atoms with E-state index in [1.807, 2.05) is 6.92 Å². The zero-order valence-electron chi connectivity index (χ0n) is 43.8. The first kappa shape index (κ1) is 63.1. The van der Waals surface area contributed by atoms with Crippen LogP contribution >= 0.6 is 0 Å². The van der Waals surface area contributed by atoms with Gasteiger partial charge in [0.2, 0.25) is 53.2 Å². The Labute approximate surface area is 444 Å². The summed E-state index contributed by atoms with van der Waals surface area (Å²) in [6.07, 6.45) is -1.30. The highest BCUT2D eigenvalue weighted by molar-refractivity contribution is 5.99. The number of carbonyl (C=O) groups is 12. The maximum atomic E-state index is 14.4. The third kappa shape index (κ3) is 20.8. The van der Waals surface area contributed by atoms with E-state index in [2.05, 4.69) is 42.5 Å². The van der Waals surface area contributed by atoms with Crippen molar-refractivity contribution >= 4 is 71.1 Å². The van der Waals surface area contributed by atoms with Crippen LogP contribution in [0.1, 0.15) is 91.2 Å². The zero-order chi connectivity index (χ0) is 57.7. The number of rotatable bonds is 30. The molecule has 1 heterocycles. The summed E-state index contributed by atoms with van der Waals surface area (Å²) in [4.78, 5) is 158. The molecule has 0 saturated carbocycles. The van der Waals surface area contributed by atoms with Gasteiger partial charge >= 0.3 is 17.9 Å². The lowest BCUT2D eigenvalue weighted by Gasteiger charge is -2.31. The van der Waals surface area contributed by atoms with E-state index in [0.29, 0.717) is 24.0 Å². The number of carbonyl (C=O) groups excluding carboxylic acids is 9. The Kier molecular flexibility index (Phi) is 24.9. The first-order valence-corrected chi connectivity index (χ1v) is 25.1. The van der Waals surface area contributed by atoms with Gasteiger partial charge in [-0.2, -0.15) is 0 Å². The molecular weight excluding hydrogens is 1010 g/mol. The fourth-order valence-electron chi connectivity index (χ4n) is 8.03. The van der Waals surface area contributed by atoms with E-state index in [0.717, 1.165) is 0 Å². The Morgan fingerprint density at radius 3 is 1.64 bits per heavy atom. The predicted octanol–water partition coefficient (Wildman–Crippen LogP) is -1.83. The highest BCUT2D eigenvalue weighted by Gasteiger charge is 2.40. The molecule has 1 aliphatic heterocycles. The van der Waals surface area contributed by atoms with Gasteiger partial charge < -0.3 is 73.6 Å². The lowest BCUT2D eigenvalue weighted by Crippen LogP contribution is -2.60. The number of hydrogen-bond donors (Lipinski definition) is 13. The maximum absolute atomic E-state index is 14.4. The van der Waals surface area contributed by atoms with Crippen LogP contribution in [0.2, 0.25) is 0 Å². The van der Waals surface area contributed by atoms with E-state index in [1.54, 1.807) is 51.1 Å². The number of hydrogen-bond acceptors (Lipinski definition) is 14. The van der Waals surface area contributed by atoms with E-state index in [4.69, 9.17) is 5.73 Å². The second kappa shape index (κ2) is 30.4. The van der Waals surface area contributed by atoms with Gasteiger partial charge in [-0.15, -0.1) is 0 Å². The van der Waals surface area contributed by atoms with Crippen molar-refractivity contribution in [2.45, 2.75) is 147 Å². The summed E-state index contributed by atoms with van der Waals surface area (Å²) >= 11 is 0. The molecule has 26 heteroatoms. The monoisotopic (exact) mass is 1080 g/mol. The van der Waals surface area contributed by atoms with Crippen LogP contribution in [0.25, 0.3) is 0 Å². The molecule has 1 saturated heterocycles. The van der Waals surface area contributed by atoms with Crippen LogP contribution in [-0.4, -0.2) is 164 Å². The molecule has 2 aromatic carbocycles. The van der Waals surface area contributed by atoms with E-state index < -0.39 is 145 Å². The van der Waals surface area contributed by atoms with E-state index in [9.17, 15) is 78.0 Å². The average Bonchev–Trinajstić information content (AvgIpc) is 3.87. The van der Waals surface area contributed by atoms with Gasteiger partial charge in [0.25, 0.3) is 0 Å². The number of amides is 9. The minimum Gasteiger partial charge on any atom is -0.508 e. The molecule has 422 valence electrons. The van der Waals surface area contributed by atoms with Crippen LogP contribution in [0, 0.1) is 11.8 Å². The number of phenolic OH excluding ortho intramolecular Hbond substituents is 1. The van der Waals surface area contributed by atoms with Crippen molar-refractivity contribution in [3.8, 4) is 5.75 Å². The van der Waals surface area contributed by atoms with Crippen molar-refractivity contribution in [2.75, 3.05) is 13.1 Å². The molecule has 0 aliphatic carbocycles. The first-order valence-electron chi connectivity index (χ1n) is 25.1. The van der Waals surface area contributed by atoms with Crippen molar-refractivity contribution in [2.24, 2.45) is 17.6 Å².